The highest BCUT2D eigenvalue weighted by molar-refractivity contribution is 6.09. The number of hydrogen-bond acceptors (Lipinski definition) is 5. The number of hydrogen-bond donors (Lipinski definition) is 3. The summed E-state index contributed by atoms with van der Waals surface area (Å²) in [5.74, 6) is -1.57. The molecule has 0 spiro atoms. The summed E-state index contributed by atoms with van der Waals surface area (Å²) in [6.07, 6.45) is -1.60. The number of aliphatic hydroxyl groups is 1. The van der Waals surface area contributed by atoms with Gasteiger partial charge in [0.15, 0.2) is 0 Å². The summed E-state index contributed by atoms with van der Waals surface area (Å²) in [4.78, 5) is 26.0. The van der Waals surface area contributed by atoms with Gasteiger partial charge in [0.25, 0.3) is 0 Å². The van der Waals surface area contributed by atoms with Gasteiger partial charge in [-0.2, -0.15) is 13.2 Å². The van der Waals surface area contributed by atoms with Crippen LogP contribution in [0.15, 0.2) is 76.8 Å². The van der Waals surface area contributed by atoms with Gasteiger partial charge >= 0.3 is 12.1 Å². The summed E-state index contributed by atoms with van der Waals surface area (Å²) < 4.78 is 54.0. The number of carbonyl (C=O) groups is 1. The Morgan fingerprint density at radius 2 is 1.74 bits per heavy atom. The Bertz CT molecular complexity index is 1510. The van der Waals surface area contributed by atoms with Crippen LogP contribution in [0.2, 0.25) is 0 Å². The lowest BCUT2D eigenvalue weighted by molar-refractivity contribution is -0.137. The summed E-state index contributed by atoms with van der Waals surface area (Å²) in [6.45, 7) is 3.68. The number of carboxylic acid groups (broad SMARTS) is 1. The number of nitrogens with zero attached hydrogens (tertiary/aromatic N) is 3. The Balaban J connectivity index is 0.00000195. The van der Waals surface area contributed by atoms with E-state index in [9.17, 15) is 18.0 Å². The summed E-state index contributed by atoms with van der Waals surface area (Å²) >= 11 is 0. The topological polar surface area (TPSA) is 111 Å². The third-order valence-corrected chi connectivity index (χ3v) is 5.30. The Kier molecular flexibility index (Phi) is 8.87. The molecule has 0 radical (unpaired) electrons. The summed E-state index contributed by atoms with van der Waals surface area (Å²) in [5.41, 5.74) is 1.54. The van der Waals surface area contributed by atoms with E-state index in [-0.39, 0.29) is 34.5 Å². The first kappa shape index (κ1) is 27.9. The molecule has 0 aliphatic heterocycles. The van der Waals surface area contributed by atoms with Crippen molar-refractivity contribution >= 4 is 35.5 Å². The van der Waals surface area contributed by atoms with Gasteiger partial charge in [-0.05, 0) is 60.3 Å². The van der Waals surface area contributed by atoms with Crippen LogP contribution in [0.5, 0.6) is 0 Å². The van der Waals surface area contributed by atoms with Crippen molar-refractivity contribution in [3.05, 3.63) is 94.9 Å². The number of aromatic amines is 1. The number of aromatic nitrogens is 2. The second-order valence-electron chi connectivity index (χ2n) is 7.75. The number of rotatable bonds is 7. The van der Waals surface area contributed by atoms with E-state index in [1.807, 2.05) is 0 Å². The quantitative estimate of drug-likeness (QED) is 0.202. The van der Waals surface area contributed by atoms with Crippen molar-refractivity contribution < 1.29 is 32.6 Å². The third-order valence-electron chi connectivity index (χ3n) is 5.30. The summed E-state index contributed by atoms with van der Waals surface area (Å²) in [7, 11) is 1.00. The number of benzene rings is 3. The molecule has 196 valence electrons. The van der Waals surface area contributed by atoms with Crippen molar-refractivity contribution in [2.75, 3.05) is 7.11 Å². The van der Waals surface area contributed by atoms with Crippen LogP contribution < -0.4 is 0 Å². The van der Waals surface area contributed by atoms with Gasteiger partial charge in [-0.15, -0.1) is 0 Å². The van der Waals surface area contributed by atoms with Crippen LogP contribution in [0.1, 0.15) is 27.0 Å². The maximum atomic E-state index is 15.0. The zero-order valence-electron chi connectivity index (χ0n) is 20.0. The number of aliphatic imine (C=N–C) groups is 2. The second kappa shape index (κ2) is 12.1. The average molecular weight is 526 g/mol. The number of carboxylic acids is 1. The molecule has 1 aromatic heterocycles. The number of fused-ring (bicyclic) bond motifs is 1. The molecule has 1 heterocycles. The van der Waals surface area contributed by atoms with Crippen molar-refractivity contribution in [3.8, 4) is 11.4 Å². The van der Waals surface area contributed by atoms with Gasteiger partial charge in [0, 0.05) is 25.1 Å². The summed E-state index contributed by atoms with van der Waals surface area (Å²) in [6, 6.07) is 13.6. The van der Waals surface area contributed by atoms with E-state index >= 15 is 4.39 Å². The monoisotopic (exact) mass is 526 g/mol. The minimum absolute atomic E-state index is 0.0879. The van der Waals surface area contributed by atoms with Crippen molar-refractivity contribution in [1.29, 1.82) is 0 Å². The van der Waals surface area contributed by atoms with Crippen LogP contribution in [-0.4, -0.2) is 46.2 Å². The third kappa shape index (κ3) is 6.56. The first-order valence-corrected chi connectivity index (χ1v) is 11.0. The lowest BCUT2D eigenvalue weighted by Crippen LogP contribution is -2.04. The minimum atomic E-state index is -4.50. The lowest BCUT2D eigenvalue weighted by Gasteiger charge is -2.05. The fourth-order valence-corrected chi connectivity index (χ4v) is 3.48. The molecule has 0 amide bonds. The zero-order valence-corrected chi connectivity index (χ0v) is 20.0. The molecule has 0 unspecified atom stereocenters. The fraction of sp³-hybridized carbons (Fsp3) is 0.111. The van der Waals surface area contributed by atoms with Crippen molar-refractivity contribution in [2.45, 2.75) is 12.7 Å². The normalized spacial score (nSPS) is 11.9. The van der Waals surface area contributed by atoms with Crippen LogP contribution in [0.4, 0.5) is 17.6 Å². The number of aromatic carboxylic acids is 1. The number of imidazole rings is 1. The molecular weight excluding hydrogens is 504 g/mol. The maximum Gasteiger partial charge on any atom is 0.416 e. The number of aliphatic hydroxyl groups excluding tert-OH is 1. The summed E-state index contributed by atoms with van der Waals surface area (Å²) in [5, 5.41) is 16.0. The molecule has 11 heteroatoms. The molecule has 3 aromatic carbocycles. The van der Waals surface area contributed by atoms with Crippen LogP contribution in [0.25, 0.3) is 28.0 Å². The Morgan fingerprint density at radius 1 is 1.05 bits per heavy atom. The molecule has 0 saturated heterocycles. The van der Waals surface area contributed by atoms with Gasteiger partial charge in [-0.25, -0.2) is 14.2 Å². The minimum Gasteiger partial charge on any atom is -0.478 e. The van der Waals surface area contributed by atoms with Gasteiger partial charge in [0.05, 0.1) is 34.3 Å². The van der Waals surface area contributed by atoms with E-state index in [1.54, 1.807) is 18.2 Å². The van der Waals surface area contributed by atoms with Gasteiger partial charge in [-0.1, -0.05) is 18.2 Å². The molecule has 0 aliphatic rings. The van der Waals surface area contributed by atoms with Gasteiger partial charge in [0.2, 0.25) is 0 Å². The molecule has 7 nitrogen and oxygen atoms in total. The second-order valence-corrected chi connectivity index (χ2v) is 7.75. The Labute approximate surface area is 214 Å². The highest BCUT2D eigenvalue weighted by Gasteiger charge is 2.30. The van der Waals surface area contributed by atoms with E-state index in [1.165, 1.54) is 42.7 Å². The SMILES string of the molecule is C=N/C=C(\C=NCc1ccc(C(=O)O)cc1)c1ccc(-c2nc3ccc(C(F)(F)F)cc3[nH]2)c(F)c1.CO. The molecule has 4 rings (SSSR count). The Morgan fingerprint density at radius 3 is 2.34 bits per heavy atom. The lowest BCUT2D eigenvalue weighted by atomic mass is 10.0. The van der Waals surface area contributed by atoms with Crippen LogP contribution in [-0.2, 0) is 12.7 Å². The molecule has 3 N–H and O–H groups in total. The van der Waals surface area contributed by atoms with Crippen LogP contribution in [0.3, 0.4) is 0 Å². The van der Waals surface area contributed by atoms with Crippen molar-refractivity contribution in [1.82, 2.24) is 9.97 Å². The fourth-order valence-electron chi connectivity index (χ4n) is 3.48. The highest BCUT2D eigenvalue weighted by Crippen LogP contribution is 2.32. The molecule has 38 heavy (non-hydrogen) atoms. The zero-order chi connectivity index (χ0) is 27.9. The van der Waals surface area contributed by atoms with Gasteiger partial charge in [0.1, 0.15) is 11.6 Å². The molecule has 0 saturated carbocycles. The van der Waals surface area contributed by atoms with E-state index in [4.69, 9.17) is 10.2 Å². The first-order chi connectivity index (χ1) is 18.2. The Hall–Kier alpha value is -4.64. The molecule has 0 atom stereocenters. The molecule has 0 fully saturated rings. The van der Waals surface area contributed by atoms with Crippen LogP contribution >= 0.6 is 0 Å². The first-order valence-electron chi connectivity index (χ1n) is 11.0. The number of H-pyrrole nitrogens is 1. The molecule has 4 aromatic rings. The standard InChI is InChI=1S/C26H18F4N4O2.CH4O/c1-31-13-18(14-32-12-15-2-4-16(5-3-15)25(35)36)17-6-8-20(21(27)10-17)24-33-22-9-7-19(26(28,29)30)11-23(22)34-24;1-2/h2-11,13-14H,1,12H2,(H,33,34)(H,35,36);2H,1H3/b18-13+,32-14?;. The number of nitrogens with one attached hydrogen (secondary N) is 1. The van der Waals surface area contributed by atoms with E-state index in [2.05, 4.69) is 26.7 Å². The van der Waals surface area contributed by atoms with E-state index in [0.29, 0.717) is 11.1 Å². The largest absolute Gasteiger partial charge is 0.478 e. The number of allylic oxidation sites excluding steroid dienone is 1. The smallest absolute Gasteiger partial charge is 0.416 e. The predicted molar refractivity (Wildman–Crippen MR) is 138 cm³/mol. The maximum absolute atomic E-state index is 15.0. The average Bonchev–Trinajstić information content (AvgIpc) is 3.32. The van der Waals surface area contributed by atoms with Crippen LogP contribution in [0, 0.1) is 5.82 Å². The number of halogens is 4. The van der Waals surface area contributed by atoms with Crippen molar-refractivity contribution in [3.63, 3.8) is 0 Å². The molecular formula is C27H22F4N4O3. The predicted octanol–water partition coefficient (Wildman–Crippen LogP) is 6.01. The van der Waals surface area contributed by atoms with Gasteiger partial charge in [-0.3, -0.25) is 9.98 Å². The molecule has 0 bridgehead atoms. The van der Waals surface area contributed by atoms with E-state index < -0.39 is 23.5 Å². The van der Waals surface area contributed by atoms with Gasteiger partial charge < -0.3 is 15.2 Å². The van der Waals surface area contributed by atoms with Crippen molar-refractivity contribution in [2.24, 2.45) is 9.98 Å². The van der Waals surface area contributed by atoms with E-state index in [0.717, 1.165) is 24.8 Å². The highest BCUT2D eigenvalue weighted by atomic mass is 19.4. The number of alkyl halides is 3. The molecule has 0 aliphatic carbocycles.